The van der Waals surface area contributed by atoms with E-state index in [0.29, 0.717) is 16.3 Å². The number of amides is 2. The predicted octanol–water partition coefficient (Wildman–Crippen LogP) is 4.37. The summed E-state index contributed by atoms with van der Waals surface area (Å²) in [6, 6.07) is 11.4. The highest BCUT2D eigenvalue weighted by molar-refractivity contribution is 6.31. The number of halogens is 1. The van der Waals surface area contributed by atoms with Crippen molar-refractivity contribution in [1.82, 2.24) is 10.4 Å². The summed E-state index contributed by atoms with van der Waals surface area (Å²) in [7, 11) is 3.29. The Balaban J connectivity index is 1.73. The van der Waals surface area contributed by atoms with Crippen molar-refractivity contribution >= 4 is 29.0 Å². The molecular formula is C21H25ClN4O2. The third-order valence-electron chi connectivity index (χ3n) is 4.95. The summed E-state index contributed by atoms with van der Waals surface area (Å²) in [6.45, 7) is 2.11. The minimum atomic E-state index is -0.300. The molecule has 2 N–H and O–H groups in total. The van der Waals surface area contributed by atoms with Gasteiger partial charge in [0.05, 0.1) is 11.4 Å². The van der Waals surface area contributed by atoms with Crippen molar-refractivity contribution in [2.75, 3.05) is 19.4 Å². The molecular weight excluding hydrogens is 376 g/mol. The highest BCUT2D eigenvalue weighted by Crippen LogP contribution is 2.27. The van der Waals surface area contributed by atoms with Crippen LogP contribution in [0.4, 0.5) is 10.5 Å². The SMILES string of the molecule is CNN(C)C(=O)Nc1cccc(Cl)c1CO/N=C(/C)c1cccc2c1CCC2. The molecule has 0 heterocycles. The summed E-state index contributed by atoms with van der Waals surface area (Å²) in [6.07, 6.45) is 3.39. The summed E-state index contributed by atoms with van der Waals surface area (Å²) in [5.74, 6) is 0. The second-order valence-corrected chi connectivity index (χ2v) is 7.13. The maximum atomic E-state index is 12.1. The van der Waals surface area contributed by atoms with Crippen molar-refractivity contribution < 1.29 is 9.63 Å². The lowest BCUT2D eigenvalue weighted by atomic mass is 10.0. The summed E-state index contributed by atoms with van der Waals surface area (Å²) in [5, 5.41) is 8.97. The lowest BCUT2D eigenvalue weighted by Crippen LogP contribution is -2.40. The molecule has 2 aromatic carbocycles. The quantitative estimate of drug-likeness (QED) is 0.559. The third kappa shape index (κ3) is 4.46. The first kappa shape index (κ1) is 20.2. The van der Waals surface area contributed by atoms with E-state index in [0.717, 1.165) is 24.1 Å². The fraction of sp³-hybridized carbons (Fsp3) is 0.333. The van der Waals surface area contributed by atoms with E-state index >= 15 is 0 Å². The number of hydrazine groups is 1. The van der Waals surface area contributed by atoms with Crippen LogP contribution in [0.5, 0.6) is 0 Å². The van der Waals surface area contributed by atoms with Crippen LogP contribution in [0, 0.1) is 0 Å². The maximum Gasteiger partial charge on any atom is 0.335 e. The van der Waals surface area contributed by atoms with Crippen LogP contribution in [0.1, 0.15) is 35.6 Å². The molecule has 7 heteroatoms. The van der Waals surface area contributed by atoms with Gasteiger partial charge in [-0.2, -0.15) is 0 Å². The van der Waals surface area contributed by atoms with Gasteiger partial charge in [0.1, 0.15) is 6.61 Å². The number of urea groups is 1. The van der Waals surface area contributed by atoms with E-state index in [1.165, 1.54) is 22.6 Å². The van der Waals surface area contributed by atoms with Gasteiger partial charge in [0.25, 0.3) is 0 Å². The van der Waals surface area contributed by atoms with Crippen molar-refractivity contribution in [3.05, 3.63) is 63.7 Å². The highest BCUT2D eigenvalue weighted by Gasteiger charge is 2.16. The molecule has 6 nitrogen and oxygen atoms in total. The van der Waals surface area contributed by atoms with Crippen LogP contribution in [-0.4, -0.2) is 30.8 Å². The molecule has 0 aromatic heterocycles. The number of anilines is 1. The van der Waals surface area contributed by atoms with Crippen molar-refractivity contribution in [3.63, 3.8) is 0 Å². The normalized spacial score (nSPS) is 13.2. The number of carbonyl (C=O) groups is 1. The Morgan fingerprint density at radius 1 is 1.25 bits per heavy atom. The minimum absolute atomic E-state index is 0.158. The van der Waals surface area contributed by atoms with Gasteiger partial charge in [0.2, 0.25) is 0 Å². The topological polar surface area (TPSA) is 66.0 Å². The zero-order valence-corrected chi connectivity index (χ0v) is 17.1. The van der Waals surface area contributed by atoms with Crippen molar-refractivity contribution in [2.24, 2.45) is 5.16 Å². The smallest absolute Gasteiger partial charge is 0.335 e. The van der Waals surface area contributed by atoms with Gasteiger partial charge >= 0.3 is 6.03 Å². The Hall–Kier alpha value is -2.57. The number of fused-ring (bicyclic) bond motifs is 1. The number of hydrogen-bond donors (Lipinski definition) is 2. The molecule has 2 amide bonds. The van der Waals surface area contributed by atoms with Crippen LogP contribution in [-0.2, 0) is 24.3 Å². The molecule has 0 fully saturated rings. The van der Waals surface area contributed by atoms with Crippen molar-refractivity contribution in [1.29, 1.82) is 0 Å². The molecule has 1 aliphatic rings. The third-order valence-corrected chi connectivity index (χ3v) is 5.30. The van der Waals surface area contributed by atoms with E-state index in [-0.39, 0.29) is 12.6 Å². The van der Waals surface area contributed by atoms with E-state index in [2.05, 4.69) is 34.1 Å². The van der Waals surface area contributed by atoms with Crippen LogP contribution in [0.2, 0.25) is 5.02 Å². The Bertz CT molecular complexity index is 898. The molecule has 0 saturated carbocycles. The number of carbonyl (C=O) groups excluding carboxylic acids is 1. The predicted molar refractivity (Wildman–Crippen MR) is 113 cm³/mol. The first-order chi connectivity index (χ1) is 13.5. The summed E-state index contributed by atoms with van der Waals surface area (Å²) in [5.41, 5.74) is 8.76. The summed E-state index contributed by atoms with van der Waals surface area (Å²) < 4.78 is 0. The molecule has 148 valence electrons. The first-order valence-electron chi connectivity index (χ1n) is 9.28. The first-order valence-corrected chi connectivity index (χ1v) is 9.66. The van der Waals surface area contributed by atoms with Crippen LogP contribution >= 0.6 is 11.6 Å². The molecule has 0 spiro atoms. The van der Waals surface area contributed by atoms with Gasteiger partial charge in [-0.3, -0.25) is 5.01 Å². The molecule has 2 aromatic rings. The fourth-order valence-electron chi connectivity index (χ4n) is 3.32. The molecule has 3 rings (SSSR count). The van der Waals surface area contributed by atoms with Gasteiger partial charge < -0.3 is 10.2 Å². The number of nitrogens with one attached hydrogen (secondary N) is 2. The molecule has 0 unspecified atom stereocenters. The van der Waals surface area contributed by atoms with E-state index < -0.39 is 0 Å². The zero-order valence-electron chi connectivity index (χ0n) is 16.4. The van der Waals surface area contributed by atoms with E-state index in [9.17, 15) is 4.79 Å². The second kappa shape index (κ2) is 9.08. The van der Waals surface area contributed by atoms with Gasteiger partial charge in [-0.15, -0.1) is 0 Å². The highest BCUT2D eigenvalue weighted by atomic mass is 35.5. The average molecular weight is 401 g/mol. The van der Waals surface area contributed by atoms with E-state index in [1.54, 1.807) is 32.3 Å². The number of benzene rings is 2. The van der Waals surface area contributed by atoms with Crippen LogP contribution in [0.15, 0.2) is 41.6 Å². The lowest BCUT2D eigenvalue weighted by Gasteiger charge is -2.18. The van der Waals surface area contributed by atoms with Crippen LogP contribution in [0.3, 0.4) is 0 Å². The monoisotopic (exact) mass is 400 g/mol. The largest absolute Gasteiger partial charge is 0.391 e. The minimum Gasteiger partial charge on any atom is -0.391 e. The Morgan fingerprint density at radius 3 is 2.82 bits per heavy atom. The fourth-order valence-corrected chi connectivity index (χ4v) is 3.55. The van der Waals surface area contributed by atoms with Crippen molar-refractivity contribution in [3.8, 4) is 0 Å². The molecule has 1 aliphatic carbocycles. The van der Waals surface area contributed by atoms with Gasteiger partial charge in [-0.05, 0) is 49.4 Å². The Labute approximate surface area is 170 Å². The second-order valence-electron chi connectivity index (χ2n) is 6.73. The summed E-state index contributed by atoms with van der Waals surface area (Å²) >= 11 is 6.33. The molecule has 0 saturated heterocycles. The number of rotatable bonds is 6. The van der Waals surface area contributed by atoms with Gasteiger partial charge in [-0.25, -0.2) is 10.2 Å². The van der Waals surface area contributed by atoms with Gasteiger partial charge in [0.15, 0.2) is 0 Å². The average Bonchev–Trinajstić information content (AvgIpc) is 3.18. The molecule has 28 heavy (non-hydrogen) atoms. The number of hydrogen-bond acceptors (Lipinski definition) is 4. The zero-order chi connectivity index (χ0) is 20.1. The molecule has 0 radical (unpaired) electrons. The summed E-state index contributed by atoms with van der Waals surface area (Å²) in [4.78, 5) is 17.7. The van der Waals surface area contributed by atoms with Gasteiger partial charge in [-0.1, -0.05) is 41.0 Å². The van der Waals surface area contributed by atoms with E-state index in [4.69, 9.17) is 16.4 Å². The number of aryl methyl sites for hydroxylation is 1. The van der Waals surface area contributed by atoms with Crippen molar-refractivity contribution in [2.45, 2.75) is 32.8 Å². The van der Waals surface area contributed by atoms with E-state index in [1.807, 2.05) is 6.92 Å². The maximum absolute atomic E-state index is 12.1. The standard InChI is InChI=1S/C21H25ClN4O2/c1-14(16-9-4-7-15-8-5-10-17(15)16)25-28-13-18-19(22)11-6-12-20(18)24-21(27)26(3)23-2/h4,6-7,9,11-12,23H,5,8,10,13H2,1-3H3,(H,24,27)/b25-14-. The lowest BCUT2D eigenvalue weighted by molar-refractivity contribution is 0.131. The molecule has 0 bridgehead atoms. The Morgan fingerprint density at radius 2 is 2.04 bits per heavy atom. The van der Waals surface area contributed by atoms with Crippen LogP contribution in [0.25, 0.3) is 0 Å². The molecule has 0 atom stereocenters. The van der Waals surface area contributed by atoms with Crippen LogP contribution < -0.4 is 10.7 Å². The Kier molecular flexibility index (Phi) is 6.54. The number of nitrogens with zero attached hydrogens (tertiary/aromatic N) is 2. The molecule has 0 aliphatic heterocycles. The van der Waals surface area contributed by atoms with Gasteiger partial charge in [0, 0.05) is 30.2 Å². The number of oxime groups is 1.